The Morgan fingerprint density at radius 3 is 2.27 bits per heavy atom. The van der Waals surface area contributed by atoms with Gasteiger partial charge in [-0.05, 0) is 59.4 Å². The Balaban J connectivity index is 2.05. The highest BCUT2D eigenvalue weighted by Gasteiger charge is 2.30. The van der Waals surface area contributed by atoms with E-state index in [2.05, 4.69) is 4.98 Å². The van der Waals surface area contributed by atoms with E-state index >= 15 is 0 Å². The molecule has 2 atom stereocenters. The fraction of sp³-hybridized carbons (Fsp3) is 0.632. The number of aromatic amines is 1. The van der Waals surface area contributed by atoms with E-state index in [9.17, 15) is 14.4 Å². The molecule has 1 aliphatic rings. The third-order valence-electron chi connectivity index (χ3n) is 4.93. The lowest BCUT2D eigenvalue weighted by Crippen LogP contribution is -2.49. The minimum absolute atomic E-state index is 0.148. The number of esters is 2. The molecule has 1 fully saturated rings. The van der Waals surface area contributed by atoms with E-state index in [4.69, 9.17) is 9.47 Å². The zero-order valence-corrected chi connectivity index (χ0v) is 16.2. The fourth-order valence-electron chi connectivity index (χ4n) is 3.65. The van der Waals surface area contributed by atoms with Crippen molar-refractivity contribution in [3.8, 4) is 0 Å². The van der Waals surface area contributed by atoms with Crippen LogP contribution in [0.15, 0.2) is 0 Å². The highest BCUT2D eigenvalue weighted by molar-refractivity contribution is 5.99. The second kappa shape index (κ2) is 8.38. The van der Waals surface area contributed by atoms with Gasteiger partial charge in [-0.2, -0.15) is 0 Å². The number of amides is 1. The molecule has 26 heavy (non-hydrogen) atoms. The molecule has 0 saturated carbocycles. The Labute approximate surface area is 154 Å². The van der Waals surface area contributed by atoms with Crippen molar-refractivity contribution in [2.75, 3.05) is 13.2 Å². The van der Waals surface area contributed by atoms with Crippen LogP contribution in [0.1, 0.15) is 72.1 Å². The summed E-state index contributed by atoms with van der Waals surface area (Å²) in [5.41, 5.74) is 1.53. The molecule has 7 nitrogen and oxygen atoms in total. The number of hydrogen-bond acceptors (Lipinski definition) is 5. The number of piperidine rings is 1. The lowest BCUT2D eigenvalue weighted by molar-refractivity contribution is -0.140. The molecule has 1 aromatic heterocycles. The normalized spacial score (nSPS) is 20.0. The van der Waals surface area contributed by atoms with Crippen LogP contribution < -0.4 is 0 Å². The average molecular weight is 364 g/mol. The molecule has 0 bridgehead atoms. The van der Waals surface area contributed by atoms with Crippen LogP contribution in [-0.4, -0.2) is 53.0 Å². The molecule has 0 unspecified atom stereocenters. The Morgan fingerprint density at radius 1 is 1.08 bits per heavy atom. The summed E-state index contributed by atoms with van der Waals surface area (Å²) in [6.07, 6.45) is 3.02. The van der Waals surface area contributed by atoms with Gasteiger partial charge in [-0.25, -0.2) is 9.59 Å². The van der Waals surface area contributed by atoms with Crippen molar-refractivity contribution in [1.82, 2.24) is 9.88 Å². The number of nitrogens with zero attached hydrogens (tertiary/aromatic N) is 1. The summed E-state index contributed by atoms with van der Waals surface area (Å²) in [6.45, 7) is 9.04. The van der Waals surface area contributed by atoms with Gasteiger partial charge in [-0.15, -0.1) is 0 Å². The van der Waals surface area contributed by atoms with Crippen LogP contribution in [0.2, 0.25) is 0 Å². The molecule has 1 amide bonds. The van der Waals surface area contributed by atoms with Crippen molar-refractivity contribution in [3.05, 3.63) is 22.5 Å². The molecule has 1 aliphatic heterocycles. The maximum Gasteiger partial charge on any atom is 0.355 e. The molecule has 7 heteroatoms. The summed E-state index contributed by atoms with van der Waals surface area (Å²) in [5, 5.41) is 0. The predicted octanol–water partition coefficient (Wildman–Crippen LogP) is 2.75. The first kappa shape index (κ1) is 20.0. The maximum atomic E-state index is 12.5. The van der Waals surface area contributed by atoms with Crippen molar-refractivity contribution in [3.63, 3.8) is 0 Å². The van der Waals surface area contributed by atoms with E-state index in [-0.39, 0.29) is 36.9 Å². The number of aryl methyl sites for hydroxylation is 1. The Morgan fingerprint density at radius 2 is 1.69 bits per heavy atom. The summed E-state index contributed by atoms with van der Waals surface area (Å²) in [7, 11) is 0. The van der Waals surface area contributed by atoms with Gasteiger partial charge in [-0.3, -0.25) is 4.79 Å². The van der Waals surface area contributed by atoms with Crippen molar-refractivity contribution >= 4 is 17.8 Å². The van der Waals surface area contributed by atoms with Gasteiger partial charge in [-0.1, -0.05) is 0 Å². The third-order valence-corrected chi connectivity index (χ3v) is 4.93. The Kier molecular flexibility index (Phi) is 6.45. The second-order valence-corrected chi connectivity index (χ2v) is 6.85. The van der Waals surface area contributed by atoms with E-state index in [0.29, 0.717) is 16.8 Å². The third kappa shape index (κ3) is 4.08. The summed E-state index contributed by atoms with van der Waals surface area (Å²) < 4.78 is 10.2. The van der Waals surface area contributed by atoms with Gasteiger partial charge in [0.05, 0.1) is 12.2 Å². The first-order chi connectivity index (χ1) is 12.3. The number of ether oxygens (including phenoxy) is 2. The van der Waals surface area contributed by atoms with Crippen LogP contribution >= 0.6 is 0 Å². The summed E-state index contributed by atoms with van der Waals surface area (Å²) >= 11 is 0. The van der Waals surface area contributed by atoms with Gasteiger partial charge in [0.1, 0.15) is 5.69 Å². The first-order valence-corrected chi connectivity index (χ1v) is 9.12. The molecule has 0 aliphatic carbocycles. The quantitative estimate of drug-likeness (QED) is 0.812. The number of carbonyl (C=O) groups excluding carboxylic acids is 3. The van der Waals surface area contributed by atoms with Gasteiger partial charge in [0.2, 0.25) is 0 Å². The highest BCUT2D eigenvalue weighted by atomic mass is 16.5. The Bertz CT molecular complexity index is 684. The number of hydrogen-bond donors (Lipinski definition) is 1. The molecule has 1 aromatic rings. The van der Waals surface area contributed by atoms with Crippen LogP contribution in [0.3, 0.4) is 0 Å². The second-order valence-electron chi connectivity index (χ2n) is 6.85. The van der Waals surface area contributed by atoms with E-state index in [0.717, 1.165) is 19.3 Å². The van der Waals surface area contributed by atoms with E-state index in [1.807, 2.05) is 13.8 Å². The average Bonchev–Trinajstić information content (AvgIpc) is 2.87. The van der Waals surface area contributed by atoms with E-state index in [1.165, 1.54) is 0 Å². The van der Waals surface area contributed by atoms with Crippen LogP contribution in [0.4, 0.5) is 0 Å². The number of aromatic nitrogens is 1. The molecule has 1 N–H and O–H groups in total. The van der Waals surface area contributed by atoms with Crippen LogP contribution in [0.5, 0.6) is 0 Å². The zero-order valence-electron chi connectivity index (χ0n) is 16.2. The summed E-state index contributed by atoms with van der Waals surface area (Å²) in [6, 6.07) is 0.296. The van der Waals surface area contributed by atoms with Gasteiger partial charge in [0.25, 0.3) is 5.91 Å². The molecule has 2 rings (SSSR count). The van der Waals surface area contributed by atoms with Crippen molar-refractivity contribution in [1.29, 1.82) is 0 Å². The lowest BCUT2D eigenvalue weighted by Gasteiger charge is -2.38. The van der Waals surface area contributed by atoms with Gasteiger partial charge >= 0.3 is 11.9 Å². The van der Waals surface area contributed by atoms with Crippen molar-refractivity contribution in [2.45, 2.75) is 66.0 Å². The topological polar surface area (TPSA) is 88.7 Å². The molecule has 1 saturated heterocycles. The largest absolute Gasteiger partial charge is 0.462 e. The molecule has 0 radical (unpaired) electrons. The number of likely N-dealkylation sites (tertiary alicyclic amines) is 1. The van der Waals surface area contributed by atoms with Crippen molar-refractivity contribution < 1.29 is 23.9 Å². The number of rotatable bonds is 5. The summed E-state index contributed by atoms with van der Waals surface area (Å²) in [5.74, 6) is -1.32. The molecular formula is C19H28N2O5. The predicted molar refractivity (Wildman–Crippen MR) is 96.1 cm³/mol. The SMILES string of the molecule is CCOC(=O)c1c(C)[nH]c(C(=O)OCC(=O)N2[C@H](C)CCC[C@H]2C)c1C. The molecular weight excluding hydrogens is 336 g/mol. The first-order valence-electron chi connectivity index (χ1n) is 9.12. The number of H-pyrrole nitrogens is 1. The number of carbonyl (C=O) groups is 3. The molecule has 2 heterocycles. The minimum atomic E-state index is -0.646. The minimum Gasteiger partial charge on any atom is -0.462 e. The maximum absolute atomic E-state index is 12.5. The smallest absolute Gasteiger partial charge is 0.355 e. The number of nitrogens with one attached hydrogen (secondary N) is 1. The standard InChI is InChI=1S/C19H28N2O5/c1-6-25-18(23)16-13(4)17(20-14(16)5)19(24)26-10-15(22)21-11(2)8-7-9-12(21)3/h11-12,20H,6-10H2,1-5H3/t11-,12-/m1/s1. The van der Waals surface area contributed by atoms with Crippen LogP contribution in [0, 0.1) is 13.8 Å². The van der Waals surface area contributed by atoms with E-state index < -0.39 is 11.9 Å². The van der Waals surface area contributed by atoms with Gasteiger partial charge in [0.15, 0.2) is 6.61 Å². The molecule has 0 spiro atoms. The molecule has 144 valence electrons. The summed E-state index contributed by atoms with van der Waals surface area (Å²) in [4.78, 5) is 41.5. The molecule has 0 aromatic carbocycles. The highest BCUT2D eigenvalue weighted by Crippen LogP contribution is 2.23. The van der Waals surface area contributed by atoms with Gasteiger partial charge < -0.3 is 19.4 Å². The van der Waals surface area contributed by atoms with Gasteiger partial charge in [0, 0.05) is 17.8 Å². The van der Waals surface area contributed by atoms with Crippen LogP contribution in [-0.2, 0) is 14.3 Å². The zero-order chi connectivity index (χ0) is 19.4. The van der Waals surface area contributed by atoms with Crippen molar-refractivity contribution in [2.24, 2.45) is 0 Å². The van der Waals surface area contributed by atoms with E-state index in [1.54, 1.807) is 25.7 Å². The lowest BCUT2D eigenvalue weighted by atomic mass is 9.97. The Hall–Kier alpha value is -2.31. The van der Waals surface area contributed by atoms with Crippen LogP contribution in [0.25, 0.3) is 0 Å². The monoisotopic (exact) mass is 364 g/mol. The fourth-order valence-corrected chi connectivity index (χ4v) is 3.65.